The van der Waals surface area contributed by atoms with E-state index in [4.69, 9.17) is 9.56 Å². The second-order valence-corrected chi connectivity index (χ2v) is 12.1. The van der Waals surface area contributed by atoms with Crippen molar-refractivity contribution in [3.8, 4) is 0 Å². The molecule has 1 fully saturated rings. The summed E-state index contributed by atoms with van der Waals surface area (Å²) in [4.78, 5) is -2.45. The molecular weight excluding hydrogens is 479 g/mol. The molecule has 31 heavy (non-hydrogen) atoms. The number of furan rings is 1. The number of rotatable bonds is 7. The Hall–Kier alpha value is -0.930. The van der Waals surface area contributed by atoms with Gasteiger partial charge < -0.3 is 14.3 Å². The Kier molecular flexibility index (Phi) is 8.42. The minimum atomic E-state index is -5.15. The number of nitrogens with one attached hydrogen (secondary N) is 1. The number of hydrogen-bond donors (Lipinski definition) is 2. The number of sulfone groups is 1. The molecule has 0 atom stereocenters. The van der Waals surface area contributed by atoms with Gasteiger partial charge in [0.25, 0.3) is 0 Å². The van der Waals surface area contributed by atoms with Crippen molar-refractivity contribution in [3.63, 3.8) is 0 Å². The normalized spacial score (nSPS) is 15.9. The summed E-state index contributed by atoms with van der Waals surface area (Å²) in [6.07, 6.45) is 4.30. The summed E-state index contributed by atoms with van der Waals surface area (Å²) in [5.41, 5.74) is -0.344. The van der Waals surface area contributed by atoms with Crippen LogP contribution in [0.5, 0.6) is 0 Å². The fourth-order valence-corrected chi connectivity index (χ4v) is 7.47. The topological polar surface area (TPSA) is 177 Å². The molecule has 10 nitrogen and oxygen atoms in total. The molecule has 1 saturated carbocycles. The van der Waals surface area contributed by atoms with Gasteiger partial charge in [0, 0.05) is 0 Å². The molecule has 3 N–H and O–H groups in total. The molecule has 0 saturated heterocycles. The Bertz CT molecular complexity index is 1230. The Morgan fingerprint density at radius 1 is 1.00 bits per heavy atom. The third-order valence-electron chi connectivity index (χ3n) is 4.95. The van der Waals surface area contributed by atoms with E-state index in [1.807, 2.05) is 0 Å². The van der Waals surface area contributed by atoms with Crippen LogP contribution in [-0.4, -0.2) is 35.1 Å². The zero-order chi connectivity index (χ0) is 22.2. The summed E-state index contributed by atoms with van der Waals surface area (Å²) in [7, 11) is -13.9. The second kappa shape index (κ2) is 9.91. The molecule has 2 aromatic rings. The van der Waals surface area contributed by atoms with Gasteiger partial charge in [-0.2, -0.15) is 0 Å². The molecule has 0 bridgehead atoms. The summed E-state index contributed by atoms with van der Waals surface area (Å²) in [6.45, 7) is -0.0623. The van der Waals surface area contributed by atoms with Crippen molar-refractivity contribution in [2.45, 2.75) is 58.6 Å². The molecule has 1 aromatic carbocycles. The van der Waals surface area contributed by atoms with E-state index < -0.39 is 49.9 Å². The van der Waals surface area contributed by atoms with Crippen molar-refractivity contribution in [3.05, 3.63) is 36.3 Å². The Balaban J connectivity index is 0.00000341. The standard InChI is InChI=1S/C17H22N2O8S3.Na/c18-29(22,23)17-10-15(30(24,25)26)14(19-11-12-5-4-8-27-12)9-16(17)28(20,21)13-6-2-1-3-7-13;/h4-5,8-10,13,19H,1-3,6-7,11H2,(H2,18,22,23)(H,24,25,26);/q;+1/p-1. The van der Waals surface area contributed by atoms with Gasteiger partial charge in [0.1, 0.15) is 20.8 Å². The Labute approximate surface area is 203 Å². The number of anilines is 1. The molecule has 166 valence electrons. The van der Waals surface area contributed by atoms with Crippen LogP contribution >= 0.6 is 0 Å². The molecule has 1 aromatic heterocycles. The molecule has 1 aliphatic carbocycles. The average Bonchev–Trinajstić information content (AvgIpc) is 3.18. The first-order chi connectivity index (χ1) is 13.9. The van der Waals surface area contributed by atoms with Crippen molar-refractivity contribution in [2.75, 3.05) is 5.32 Å². The number of sulfonamides is 1. The molecule has 0 amide bonds. The van der Waals surface area contributed by atoms with Gasteiger partial charge in [-0.05, 0) is 37.1 Å². The van der Waals surface area contributed by atoms with Crippen LogP contribution in [0.3, 0.4) is 0 Å². The van der Waals surface area contributed by atoms with E-state index in [0.717, 1.165) is 12.5 Å². The van der Waals surface area contributed by atoms with Crippen LogP contribution in [0.1, 0.15) is 37.9 Å². The molecule has 1 heterocycles. The summed E-state index contributed by atoms with van der Waals surface area (Å²) in [5, 5.41) is 7.00. The predicted molar refractivity (Wildman–Crippen MR) is 106 cm³/mol. The van der Waals surface area contributed by atoms with Gasteiger partial charge in [0.05, 0.1) is 33.5 Å². The monoisotopic (exact) mass is 500 g/mol. The molecule has 3 rings (SSSR count). The zero-order valence-corrected chi connectivity index (χ0v) is 21.2. The van der Waals surface area contributed by atoms with Gasteiger partial charge in [-0.3, -0.25) is 0 Å². The predicted octanol–water partition coefficient (Wildman–Crippen LogP) is -1.45. The first-order valence-corrected chi connectivity index (χ1v) is 13.6. The van der Waals surface area contributed by atoms with E-state index >= 15 is 0 Å². The summed E-state index contributed by atoms with van der Waals surface area (Å²) < 4.78 is 91.0. The molecule has 14 heteroatoms. The summed E-state index contributed by atoms with van der Waals surface area (Å²) >= 11 is 0. The van der Waals surface area contributed by atoms with E-state index in [1.54, 1.807) is 12.1 Å². The third kappa shape index (κ3) is 6.11. The summed E-state index contributed by atoms with van der Waals surface area (Å²) in [6, 6.07) is 4.54. The fourth-order valence-electron chi connectivity index (χ4n) is 3.48. The van der Waals surface area contributed by atoms with E-state index in [9.17, 15) is 29.8 Å². The van der Waals surface area contributed by atoms with Gasteiger partial charge in [-0.25, -0.2) is 30.4 Å². The van der Waals surface area contributed by atoms with Crippen molar-refractivity contribution in [1.29, 1.82) is 0 Å². The molecule has 0 unspecified atom stereocenters. The van der Waals surface area contributed by atoms with Gasteiger partial charge >= 0.3 is 29.6 Å². The van der Waals surface area contributed by atoms with Gasteiger partial charge in [0.2, 0.25) is 10.0 Å². The van der Waals surface area contributed by atoms with Crippen LogP contribution in [0.25, 0.3) is 0 Å². The average molecular weight is 501 g/mol. The second-order valence-electron chi connectivity index (χ2n) is 7.03. The largest absolute Gasteiger partial charge is 1.00 e. The Morgan fingerprint density at radius 3 is 2.16 bits per heavy atom. The molecule has 0 radical (unpaired) electrons. The Morgan fingerprint density at radius 2 is 1.65 bits per heavy atom. The number of primary sulfonamides is 1. The first kappa shape index (κ1) is 26.3. The fraction of sp³-hybridized carbons (Fsp3) is 0.412. The van der Waals surface area contributed by atoms with Gasteiger partial charge in [0.15, 0.2) is 9.84 Å². The van der Waals surface area contributed by atoms with Crippen LogP contribution in [-0.2, 0) is 36.5 Å². The first-order valence-electron chi connectivity index (χ1n) is 9.07. The SMILES string of the molecule is NS(=O)(=O)c1cc(S(=O)(=O)[O-])c(NCc2ccco2)cc1S(=O)(=O)C1CCCCC1.[Na+]. The van der Waals surface area contributed by atoms with E-state index in [-0.39, 0.29) is 41.8 Å². The number of nitrogens with two attached hydrogens (primary N) is 1. The maximum absolute atomic E-state index is 13.2. The van der Waals surface area contributed by atoms with Gasteiger partial charge in [-0.1, -0.05) is 19.3 Å². The summed E-state index contributed by atoms with van der Waals surface area (Å²) in [5.74, 6) is 0.386. The molecule has 0 aliphatic heterocycles. The molecular formula is C17H21N2NaO8S3. The van der Waals surface area contributed by atoms with Gasteiger partial charge in [-0.15, -0.1) is 0 Å². The smallest absolute Gasteiger partial charge is 0.744 e. The zero-order valence-electron chi connectivity index (χ0n) is 16.8. The quantitative estimate of drug-likeness (QED) is 0.340. The number of benzene rings is 1. The third-order valence-corrected chi connectivity index (χ3v) is 9.21. The minimum Gasteiger partial charge on any atom is -0.744 e. The van der Waals surface area contributed by atoms with E-state index in [0.29, 0.717) is 37.5 Å². The van der Waals surface area contributed by atoms with Crippen molar-refractivity contribution in [2.24, 2.45) is 5.14 Å². The van der Waals surface area contributed by atoms with Crippen LogP contribution in [0.2, 0.25) is 0 Å². The van der Waals surface area contributed by atoms with Crippen molar-refractivity contribution >= 4 is 35.7 Å². The van der Waals surface area contributed by atoms with Crippen LogP contribution in [0, 0.1) is 0 Å². The van der Waals surface area contributed by atoms with Crippen molar-refractivity contribution < 1.29 is 63.8 Å². The molecule has 1 aliphatic rings. The van der Waals surface area contributed by atoms with Crippen LogP contribution in [0.4, 0.5) is 5.69 Å². The van der Waals surface area contributed by atoms with Crippen LogP contribution < -0.4 is 40.0 Å². The minimum absolute atomic E-state index is 0. The van der Waals surface area contributed by atoms with Crippen LogP contribution in [0.15, 0.2) is 49.6 Å². The van der Waals surface area contributed by atoms with Crippen molar-refractivity contribution in [1.82, 2.24) is 0 Å². The maximum atomic E-state index is 13.2. The maximum Gasteiger partial charge on any atom is 1.00 e. The molecule has 0 spiro atoms. The van der Waals surface area contributed by atoms with E-state index in [1.165, 1.54) is 6.26 Å². The van der Waals surface area contributed by atoms with E-state index in [2.05, 4.69) is 5.32 Å². The number of hydrogen-bond acceptors (Lipinski definition) is 9.